The van der Waals surface area contributed by atoms with Crippen molar-refractivity contribution in [2.75, 3.05) is 5.75 Å². The largest absolute Gasteiger partial charge is 0.313 e. The van der Waals surface area contributed by atoms with Gasteiger partial charge in [-0.15, -0.1) is 23.1 Å². The molecule has 2 rings (SSSR count). The van der Waals surface area contributed by atoms with E-state index in [4.69, 9.17) is 11.0 Å². The van der Waals surface area contributed by atoms with Gasteiger partial charge in [0.1, 0.15) is 5.54 Å². The van der Waals surface area contributed by atoms with Gasteiger partial charge in [-0.25, -0.2) is 0 Å². The van der Waals surface area contributed by atoms with Gasteiger partial charge in [0.05, 0.1) is 10.3 Å². The van der Waals surface area contributed by atoms with E-state index in [2.05, 4.69) is 23.6 Å². The van der Waals surface area contributed by atoms with Crippen LogP contribution in [0.2, 0.25) is 0 Å². The molecule has 1 aromatic rings. The number of nitriles is 1. The van der Waals surface area contributed by atoms with Gasteiger partial charge in [0.25, 0.3) is 0 Å². The summed E-state index contributed by atoms with van der Waals surface area (Å²) in [6, 6.07) is 6.52. The van der Waals surface area contributed by atoms with Gasteiger partial charge < -0.3 is 5.73 Å². The number of hydrogen-bond acceptors (Lipinski definition) is 4. The van der Waals surface area contributed by atoms with E-state index in [0.29, 0.717) is 5.92 Å². The monoisotopic (exact) mass is 252 g/mol. The summed E-state index contributed by atoms with van der Waals surface area (Å²) in [4.78, 5) is 0. The molecule has 86 valence electrons. The highest BCUT2D eigenvalue weighted by molar-refractivity contribution is 8.01. The number of nitrogens with two attached hydrogens (primary N) is 1. The Morgan fingerprint density at radius 2 is 2.56 bits per heavy atom. The molecule has 2 unspecified atom stereocenters. The van der Waals surface area contributed by atoms with Crippen LogP contribution in [0, 0.1) is 17.2 Å². The van der Waals surface area contributed by atoms with Gasteiger partial charge in [-0.3, -0.25) is 0 Å². The third-order valence-electron chi connectivity index (χ3n) is 3.29. The summed E-state index contributed by atoms with van der Waals surface area (Å²) >= 11 is 3.66. The molecule has 2 N–H and O–H groups in total. The quantitative estimate of drug-likeness (QED) is 0.837. The fourth-order valence-electron chi connectivity index (χ4n) is 2.30. The first-order chi connectivity index (χ1) is 7.74. The smallest absolute Gasteiger partial charge is 0.107 e. The highest BCUT2D eigenvalue weighted by atomic mass is 32.2. The molecule has 1 aliphatic carbocycles. The predicted octanol–water partition coefficient (Wildman–Crippen LogP) is 3.25. The molecule has 16 heavy (non-hydrogen) atoms. The lowest BCUT2D eigenvalue weighted by atomic mass is 9.88. The maximum absolute atomic E-state index is 9.10. The first kappa shape index (κ1) is 12.0. The van der Waals surface area contributed by atoms with Gasteiger partial charge in [-0.1, -0.05) is 12.5 Å². The lowest BCUT2D eigenvalue weighted by Gasteiger charge is -2.23. The average molecular weight is 252 g/mol. The Hall–Kier alpha value is -0.500. The first-order valence-corrected chi connectivity index (χ1v) is 7.47. The lowest BCUT2D eigenvalue weighted by molar-refractivity contribution is 0.389. The lowest BCUT2D eigenvalue weighted by Crippen LogP contribution is -2.41. The molecule has 1 aliphatic rings. The second kappa shape index (κ2) is 5.22. The van der Waals surface area contributed by atoms with E-state index >= 15 is 0 Å². The summed E-state index contributed by atoms with van der Waals surface area (Å²) in [5, 5.41) is 11.2. The van der Waals surface area contributed by atoms with E-state index in [1.165, 1.54) is 4.21 Å². The minimum atomic E-state index is -0.546. The van der Waals surface area contributed by atoms with E-state index < -0.39 is 5.54 Å². The maximum atomic E-state index is 9.10. The van der Waals surface area contributed by atoms with E-state index in [-0.39, 0.29) is 0 Å². The molecule has 1 saturated carbocycles. The fraction of sp³-hybridized carbons (Fsp3) is 0.583. The van der Waals surface area contributed by atoms with Crippen LogP contribution in [0.5, 0.6) is 0 Å². The summed E-state index contributed by atoms with van der Waals surface area (Å²) in [7, 11) is 0. The summed E-state index contributed by atoms with van der Waals surface area (Å²) in [5.74, 6) is 1.47. The molecule has 4 heteroatoms. The van der Waals surface area contributed by atoms with E-state index in [9.17, 15) is 0 Å². The number of hydrogen-bond donors (Lipinski definition) is 1. The minimum absolute atomic E-state index is 0.393. The summed E-state index contributed by atoms with van der Waals surface area (Å²) < 4.78 is 1.36. The molecule has 0 aromatic carbocycles. The van der Waals surface area contributed by atoms with Crippen LogP contribution in [-0.2, 0) is 0 Å². The third-order valence-corrected chi connectivity index (χ3v) is 5.45. The van der Waals surface area contributed by atoms with Crippen molar-refractivity contribution >= 4 is 23.1 Å². The number of thioether (sulfide) groups is 1. The molecule has 0 spiro atoms. The molecule has 0 radical (unpaired) electrons. The van der Waals surface area contributed by atoms with Crippen LogP contribution in [0.25, 0.3) is 0 Å². The Bertz CT molecular complexity index is 369. The Labute approximate surface area is 105 Å². The van der Waals surface area contributed by atoms with Crippen LogP contribution in [0.4, 0.5) is 0 Å². The van der Waals surface area contributed by atoms with Crippen molar-refractivity contribution in [2.24, 2.45) is 11.7 Å². The third kappa shape index (κ3) is 2.60. The molecular weight excluding hydrogens is 236 g/mol. The van der Waals surface area contributed by atoms with Crippen LogP contribution < -0.4 is 5.73 Å². The standard InChI is InChI=1S/C12H16N2S2/c13-9-12(14)6-1-3-10(12)5-8-16-11-4-2-7-15-11/h2,4,7,10H,1,3,5-6,8,14H2. The normalized spacial score (nSPS) is 29.1. The fourth-order valence-corrected chi connectivity index (χ4v) is 4.21. The van der Waals surface area contributed by atoms with Gasteiger partial charge in [-0.2, -0.15) is 5.26 Å². The average Bonchev–Trinajstić information content (AvgIpc) is 2.90. The molecular formula is C12H16N2S2. The molecule has 1 aromatic heterocycles. The second-order valence-electron chi connectivity index (χ2n) is 4.31. The van der Waals surface area contributed by atoms with Crippen LogP contribution >= 0.6 is 23.1 Å². The van der Waals surface area contributed by atoms with Crippen LogP contribution in [0.15, 0.2) is 21.7 Å². The Morgan fingerprint density at radius 3 is 3.25 bits per heavy atom. The van der Waals surface area contributed by atoms with Gasteiger partial charge in [0, 0.05) is 0 Å². The number of rotatable bonds is 4. The molecule has 1 heterocycles. The Kier molecular flexibility index (Phi) is 3.91. The van der Waals surface area contributed by atoms with Gasteiger partial charge in [-0.05, 0) is 42.4 Å². The van der Waals surface area contributed by atoms with Gasteiger partial charge >= 0.3 is 0 Å². The van der Waals surface area contributed by atoms with Crippen molar-refractivity contribution in [3.8, 4) is 6.07 Å². The molecule has 0 saturated heterocycles. The zero-order valence-corrected chi connectivity index (χ0v) is 10.8. The molecule has 0 aliphatic heterocycles. The SMILES string of the molecule is N#CC1(N)CCCC1CCSc1cccs1. The second-order valence-corrected chi connectivity index (χ2v) is 6.65. The Balaban J connectivity index is 1.80. The maximum Gasteiger partial charge on any atom is 0.107 e. The van der Waals surface area contributed by atoms with Crippen molar-refractivity contribution < 1.29 is 0 Å². The van der Waals surface area contributed by atoms with E-state index in [0.717, 1.165) is 31.4 Å². The predicted molar refractivity (Wildman–Crippen MR) is 69.5 cm³/mol. The van der Waals surface area contributed by atoms with Gasteiger partial charge in [0.2, 0.25) is 0 Å². The van der Waals surface area contributed by atoms with Crippen LogP contribution in [-0.4, -0.2) is 11.3 Å². The van der Waals surface area contributed by atoms with Crippen LogP contribution in [0.3, 0.4) is 0 Å². The van der Waals surface area contributed by atoms with Crippen molar-refractivity contribution in [1.82, 2.24) is 0 Å². The zero-order valence-electron chi connectivity index (χ0n) is 9.19. The van der Waals surface area contributed by atoms with Crippen molar-refractivity contribution in [3.05, 3.63) is 17.5 Å². The van der Waals surface area contributed by atoms with Crippen LogP contribution in [0.1, 0.15) is 25.7 Å². The highest BCUT2D eigenvalue weighted by Gasteiger charge is 2.39. The summed E-state index contributed by atoms with van der Waals surface area (Å²) in [5.41, 5.74) is 5.55. The Morgan fingerprint density at radius 1 is 1.69 bits per heavy atom. The topological polar surface area (TPSA) is 49.8 Å². The molecule has 0 amide bonds. The van der Waals surface area contributed by atoms with E-state index in [1.807, 2.05) is 11.8 Å². The molecule has 1 fully saturated rings. The van der Waals surface area contributed by atoms with Gasteiger partial charge in [0.15, 0.2) is 0 Å². The summed E-state index contributed by atoms with van der Waals surface area (Å²) in [6.45, 7) is 0. The summed E-state index contributed by atoms with van der Waals surface area (Å²) in [6.07, 6.45) is 4.16. The zero-order chi connectivity index (χ0) is 11.4. The van der Waals surface area contributed by atoms with E-state index in [1.54, 1.807) is 11.3 Å². The highest BCUT2D eigenvalue weighted by Crippen LogP contribution is 2.37. The first-order valence-electron chi connectivity index (χ1n) is 5.61. The number of thiophene rings is 1. The van der Waals surface area contributed by atoms with Crippen molar-refractivity contribution in [3.63, 3.8) is 0 Å². The minimum Gasteiger partial charge on any atom is -0.313 e. The molecule has 2 nitrogen and oxygen atoms in total. The van der Waals surface area contributed by atoms with Crippen molar-refractivity contribution in [1.29, 1.82) is 5.26 Å². The van der Waals surface area contributed by atoms with Crippen molar-refractivity contribution in [2.45, 2.75) is 35.4 Å². The molecule has 0 bridgehead atoms. The molecule has 2 atom stereocenters. The number of nitrogens with zero attached hydrogens (tertiary/aromatic N) is 1.